The van der Waals surface area contributed by atoms with Gasteiger partial charge in [0.05, 0.1) is 6.04 Å². The molecule has 0 aliphatic carbocycles. The van der Waals surface area contributed by atoms with Crippen LogP contribution in [0, 0.1) is 0 Å². The van der Waals surface area contributed by atoms with Gasteiger partial charge in [-0.05, 0) is 38.1 Å². The number of unbranched alkanes of at least 4 members (excludes halogenated alkanes) is 2. The number of nitrogens with zero attached hydrogens (tertiary/aromatic N) is 1. The first-order valence-electron chi connectivity index (χ1n) is 7.32. The molecule has 0 heterocycles. The zero-order chi connectivity index (χ0) is 14.3. The summed E-state index contributed by atoms with van der Waals surface area (Å²) >= 11 is 6.34. The molecule has 2 unspecified atom stereocenters. The smallest absolute Gasteiger partial charge is 0.0511 e. The number of hydrogen-bond donors (Lipinski definition) is 1. The molecule has 0 saturated heterocycles. The topological polar surface area (TPSA) is 29.3 Å². The van der Waals surface area contributed by atoms with Crippen molar-refractivity contribution in [3.63, 3.8) is 0 Å². The Morgan fingerprint density at radius 1 is 1.21 bits per heavy atom. The van der Waals surface area contributed by atoms with Crippen molar-refractivity contribution in [1.82, 2.24) is 4.90 Å². The molecule has 2 nitrogen and oxygen atoms in total. The summed E-state index contributed by atoms with van der Waals surface area (Å²) in [6, 6.07) is 8.38. The Bertz CT molecular complexity index is 368. The lowest BCUT2D eigenvalue weighted by Gasteiger charge is -2.33. The standard InChI is InChI=1S/C16H27ClN2/c1-4-6-9-12-19(3)16(15(18)5-2)13-10-7-8-11-14(13)17/h7-8,10-11,15-16H,4-6,9,12,18H2,1-3H3. The molecular formula is C16H27ClN2. The summed E-state index contributed by atoms with van der Waals surface area (Å²) in [6.07, 6.45) is 4.67. The van der Waals surface area contributed by atoms with E-state index in [1.165, 1.54) is 19.3 Å². The van der Waals surface area contributed by atoms with Gasteiger partial charge in [-0.15, -0.1) is 0 Å². The first-order chi connectivity index (χ1) is 9.11. The summed E-state index contributed by atoms with van der Waals surface area (Å²) in [5, 5.41) is 0.818. The molecule has 0 aromatic heterocycles. The van der Waals surface area contributed by atoms with E-state index in [1.54, 1.807) is 0 Å². The van der Waals surface area contributed by atoms with Crippen molar-refractivity contribution >= 4 is 11.6 Å². The lowest BCUT2D eigenvalue weighted by Crippen LogP contribution is -2.39. The second-order valence-electron chi connectivity index (χ2n) is 5.23. The van der Waals surface area contributed by atoms with Crippen molar-refractivity contribution in [2.75, 3.05) is 13.6 Å². The van der Waals surface area contributed by atoms with Crippen LogP contribution >= 0.6 is 11.6 Å². The maximum absolute atomic E-state index is 6.34. The van der Waals surface area contributed by atoms with Gasteiger partial charge in [-0.2, -0.15) is 0 Å². The van der Waals surface area contributed by atoms with Gasteiger partial charge in [0.25, 0.3) is 0 Å². The first-order valence-corrected chi connectivity index (χ1v) is 7.69. The maximum atomic E-state index is 6.34. The van der Waals surface area contributed by atoms with Crippen LogP contribution in [-0.4, -0.2) is 24.5 Å². The Balaban J connectivity index is 2.86. The monoisotopic (exact) mass is 282 g/mol. The summed E-state index contributed by atoms with van der Waals surface area (Å²) < 4.78 is 0. The van der Waals surface area contributed by atoms with E-state index < -0.39 is 0 Å². The van der Waals surface area contributed by atoms with Crippen LogP contribution in [0.3, 0.4) is 0 Å². The maximum Gasteiger partial charge on any atom is 0.0511 e. The quantitative estimate of drug-likeness (QED) is 0.723. The predicted molar refractivity (Wildman–Crippen MR) is 84.6 cm³/mol. The van der Waals surface area contributed by atoms with Gasteiger partial charge in [0.15, 0.2) is 0 Å². The summed E-state index contributed by atoms with van der Waals surface area (Å²) in [7, 11) is 2.15. The van der Waals surface area contributed by atoms with Crippen LogP contribution in [0.25, 0.3) is 0 Å². The second-order valence-corrected chi connectivity index (χ2v) is 5.63. The Morgan fingerprint density at radius 3 is 2.47 bits per heavy atom. The molecule has 0 aliphatic rings. The van der Waals surface area contributed by atoms with Crippen LogP contribution < -0.4 is 5.73 Å². The van der Waals surface area contributed by atoms with E-state index >= 15 is 0 Å². The van der Waals surface area contributed by atoms with Crippen molar-refractivity contribution in [1.29, 1.82) is 0 Å². The van der Waals surface area contributed by atoms with E-state index in [4.69, 9.17) is 17.3 Å². The number of hydrogen-bond acceptors (Lipinski definition) is 2. The van der Waals surface area contributed by atoms with Crippen LogP contribution in [0.1, 0.15) is 51.1 Å². The highest BCUT2D eigenvalue weighted by atomic mass is 35.5. The molecule has 0 saturated carbocycles. The molecule has 1 rings (SSSR count). The van der Waals surface area contributed by atoms with Crippen molar-refractivity contribution in [2.45, 2.75) is 51.6 Å². The molecule has 1 aromatic carbocycles. The van der Waals surface area contributed by atoms with Gasteiger partial charge in [0.1, 0.15) is 0 Å². The fraction of sp³-hybridized carbons (Fsp3) is 0.625. The van der Waals surface area contributed by atoms with Gasteiger partial charge in [0, 0.05) is 11.1 Å². The zero-order valence-corrected chi connectivity index (χ0v) is 13.2. The van der Waals surface area contributed by atoms with Crippen molar-refractivity contribution in [3.05, 3.63) is 34.9 Å². The van der Waals surface area contributed by atoms with Gasteiger partial charge in [0.2, 0.25) is 0 Å². The lowest BCUT2D eigenvalue weighted by molar-refractivity contribution is 0.206. The highest BCUT2D eigenvalue weighted by molar-refractivity contribution is 6.31. The van der Waals surface area contributed by atoms with E-state index in [0.717, 1.165) is 23.6 Å². The van der Waals surface area contributed by atoms with Crippen LogP contribution in [0.2, 0.25) is 5.02 Å². The third-order valence-corrected chi connectivity index (χ3v) is 4.03. The average molecular weight is 283 g/mol. The normalized spacial score (nSPS) is 14.6. The minimum Gasteiger partial charge on any atom is -0.326 e. The average Bonchev–Trinajstić information content (AvgIpc) is 2.41. The third kappa shape index (κ3) is 4.79. The number of rotatable bonds is 8. The van der Waals surface area contributed by atoms with Gasteiger partial charge < -0.3 is 5.73 Å². The lowest BCUT2D eigenvalue weighted by atomic mass is 9.96. The molecule has 108 valence electrons. The minimum absolute atomic E-state index is 0.117. The number of halogens is 1. The number of nitrogens with two attached hydrogens (primary N) is 1. The van der Waals surface area contributed by atoms with E-state index in [0.29, 0.717) is 0 Å². The fourth-order valence-corrected chi connectivity index (χ4v) is 2.73. The zero-order valence-electron chi connectivity index (χ0n) is 12.4. The molecule has 2 atom stereocenters. The Morgan fingerprint density at radius 2 is 1.89 bits per heavy atom. The van der Waals surface area contributed by atoms with E-state index in [-0.39, 0.29) is 12.1 Å². The third-order valence-electron chi connectivity index (χ3n) is 3.69. The molecule has 3 heteroatoms. The molecule has 0 fully saturated rings. The molecule has 0 amide bonds. The minimum atomic E-state index is 0.117. The summed E-state index contributed by atoms with van der Waals surface area (Å²) in [5.41, 5.74) is 7.47. The van der Waals surface area contributed by atoms with Crippen molar-refractivity contribution < 1.29 is 0 Å². The van der Waals surface area contributed by atoms with E-state index in [2.05, 4.69) is 31.9 Å². The molecular weight excluding hydrogens is 256 g/mol. The van der Waals surface area contributed by atoms with Crippen LogP contribution in [0.5, 0.6) is 0 Å². The summed E-state index contributed by atoms with van der Waals surface area (Å²) in [4.78, 5) is 2.35. The van der Waals surface area contributed by atoms with E-state index in [1.807, 2.05) is 18.2 Å². The van der Waals surface area contributed by atoms with Crippen molar-refractivity contribution in [3.8, 4) is 0 Å². The van der Waals surface area contributed by atoms with Gasteiger partial charge in [-0.1, -0.05) is 56.5 Å². The van der Waals surface area contributed by atoms with Gasteiger partial charge in [-0.25, -0.2) is 0 Å². The molecule has 0 bridgehead atoms. The molecule has 0 radical (unpaired) electrons. The Hall–Kier alpha value is -0.570. The molecule has 2 N–H and O–H groups in total. The number of likely N-dealkylation sites (N-methyl/N-ethyl adjacent to an activating group) is 1. The van der Waals surface area contributed by atoms with Gasteiger partial charge >= 0.3 is 0 Å². The van der Waals surface area contributed by atoms with E-state index in [9.17, 15) is 0 Å². The van der Waals surface area contributed by atoms with Crippen LogP contribution in [-0.2, 0) is 0 Å². The highest BCUT2D eigenvalue weighted by Gasteiger charge is 2.24. The van der Waals surface area contributed by atoms with Crippen molar-refractivity contribution in [2.24, 2.45) is 5.73 Å². The first kappa shape index (κ1) is 16.5. The Kier molecular flexibility index (Phi) is 7.44. The van der Waals surface area contributed by atoms with Crippen LogP contribution in [0.15, 0.2) is 24.3 Å². The fourth-order valence-electron chi connectivity index (χ4n) is 2.48. The largest absolute Gasteiger partial charge is 0.326 e. The summed E-state index contributed by atoms with van der Waals surface area (Å²) in [6.45, 7) is 5.43. The molecule has 0 spiro atoms. The SMILES string of the molecule is CCCCCN(C)C(c1ccccc1Cl)C(N)CC. The molecule has 0 aliphatic heterocycles. The molecule has 1 aromatic rings. The number of benzene rings is 1. The molecule has 19 heavy (non-hydrogen) atoms. The highest BCUT2D eigenvalue weighted by Crippen LogP contribution is 2.30. The van der Waals surface area contributed by atoms with Gasteiger partial charge in [-0.3, -0.25) is 4.90 Å². The predicted octanol–water partition coefficient (Wildman–Crippen LogP) is 4.24. The Labute approximate surface area is 122 Å². The second kappa shape index (κ2) is 8.57. The van der Waals surface area contributed by atoms with Crippen LogP contribution in [0.4, 0.5) is 0 Å². The summed E-state index contributed by atoms with van der Waals surface area (Å²) in [5.74, 6) is 0.